The Balaban J connectivity index is 0. The summed E-state index contributed by atoms with van der Waals surface area (Å²) in [6.45, 7) is 15.4. The van der Waals surface area contributed by atoms with Crippen LogP contribution in [0, 0.1) is 0 Å². The van der Waals surface area contributed by atoms with E-state index in [1.807, 2.05) is 0 Å². The van der Waals surface area contributed by atoms with Crippen LogP contribution in [-0.4, -0.2) is 93.9 Å². The van der Waals surface area contributed by atoms with Gasteiger partial charge in [0.15, 0.2) is 0 Å². The van der Waals surface area contributed by atoms with E-state index in [1.165, 1.54) is 0 Å². The maximum Gasteiger partial charge on any atom is 0.0897 e. The van der Waals surface area contributed by atoms with Gasteiger partial charge in [0.25, 0.3) is 0 Å². The highest BCUT2D eigenvalue weighted by Crippen LogP contribution is 2.05. The number of rotatable bonds is 12. The van der Waals surface area contributed by atoms with Crippen LogP contribution >= 0.6 is 0 Å². The molecule has 0 radical (unpaired) electrons. The number of aliphatic hydroxyl groups excluding tert-OH is 4. The van der Waals surface area contributed by atoms with Crippen molar-refractivity contribution in [2.45, 2.75) is 78.7 Å². The lowest BCUT2D eigenvalue weighted by Crippen LogP contribution is -2.43. The van der Waals surface area contributed by atoms with E-state index in [2.05, 4.69) is 51.3 Å². The minimum absolute atomic E-state index is 0.135. The second-order valence-corrected chi connectivity index (χ2v) is 6.86. The highest BCUT2D eigenvalue weighted by atomic mass is 16.3. The first kappa shape index (κ1) is 26.0. The fourth-order valence-electron chi connectivity index (χ4n) is 2.60. The van der Waals surface area contributed by atoms with Crippen molar-refractivity contribution in [1.29, 1.82) is 0 Å². The van der Waals surface area contributed by atoms with Crippen LogP contribution in [0.25, 0.3) is 0 Å². The topological polar surface area (TPSA) is 87.4 Å². The van der Waals surface area contributed by atoms with Crippen LogP contribution in [-0.2, 0) is 0 Å². The maximum atomic E-state index is 9.23. The van der Waals surface area contributed by atoms with Gasteiger partial charge in [-0.25, -0.2) is 0 Å². The first-order chi connectivity index (χ1) is 11.2. The average molecular weight is 351 g/mol. The third kappa shape index (κ3) is 14.1. The molecule has 0 aromatic carbocycles. The van der Waals surface area contributed by atoms with E-state index in [0.29, 0.717) is 25.2 Å². The molecule has 148 valence electrons. The van der Waals surface area contributed by atoms with Crippen molar-refractivity contribution in [3.63, 3.8) is 0 Å². The molecule has 0 rings (SSSR count). The van der Waals surface area contributed by atoms with Crippen LogP contribution in [0.15, 0.2) is 0 Å². The summed E-state index contributed by atoms with van der Waals surface area (Å²) in [5.41, 5.74) is 0. The molecule has 4 N–H and O–H groups in total. The number of hydrogen-bond donors (Lipinski definition) is 4. The molecule has 0 aliphatic heterocycles. The zero-order valence-corrected chi connectivity index (χ0v) is 16.6. The molecule has 0 aliphatic rings. The zero-order chi connectivity index (χ0) is 19.1. The first-order valence-electron chi connectivity index (χ1n) is 9.29. The van der Waals surface area contributed by atoms with Crippen molar-refractivity contribution in [2.24, 2.45) is 0 Å². The fourth-order valence-corrected chi connectivity index (χ4v) is 2.60. The number of aliphatic hydroxyl groups is 4. The summed E-state index contributed by atoms with van der Waals surface area (Å²) in [4.78, 5) is 4.34. The second-order valence-electron chi connectivity index (χ2n) is 6.86. The third-order valence-electron chi connectivity index (χ3n) is 3.72. The summed E-state index contributed by atoms with van der Waals surface area (Å²) < 4.78 is 0. The summed E-state index contributed by atoms with van der Waals surface area (Å²) >= 11 is 0. The molecule has 0 aromatic rings. The largest absolute Gasteiger partial charge is 0.394 e. The standard InChI is InChI=1S/2C9H21NO2/c1-7(2)10(8(3)4)5-9(12)6-11;1-3-5-10(6-4-2)7-9(12)8-11/h7-9,11-12H,5-6H2,1-4H3;9,11-12H,3-8H2,1-2H3. The van der Waals surface area contributed by atoms with Gasteiger partial charge in [-0.1, -0.05) is 13.8 Å². The second kappa shape index (κ2) is 16.2. The molecule has 0 saturated heterocycles. The molecule has 6 nitrogen and oxygen atoms in total. The predicted octanol–water partition coefficient (Wildman–Crippen LogP) is 0.920. The van der Waals surface area contributed by atoms with Gasteiger partial charge < -0.3 is 25.3 Å². The lowest BCUT2D eigenvalue weighted by Gasteiger charge is -2.31. The Morgan fingerprint density at radius 2 is 1.08 bits per heavy atom. The van der Waals surface area contributed by atoms with Gasteiger partial charge in [0.05, 0.1) is 25.4 Å². The van der Waals surface area contributed by atoms with Crippen LogP contribution in [0.3, 0.4) is 0 Å². The Morgan fingerprint density at radius 3 is 1.38 bits per heavy atom. The SMILES string of the molecule is CC(C)N(CC(O)CO)C(C)C.CCCN(CCC)CC(O)CO. The normalized spacial score (nSPS) is 14.2. The molecule has 0 aliphatic carbocycles. The molecular formula is C18H42N2O4. The molecule has 0 fully saturated rings. The minimum atomic E-state index is -0.616. The van der Waals surface area contributed by atoms with Crippen molar-refractivity contribution < 1.29 is 20.4 Å². The monoisotopic (exact) mass is 350 g/mol. The van der Waals surface area contributed by atoms with E-state index in [0.717, 1.165) is 25.9 Å². The van der Waals surface area contributed by atoms with Crippen LogP contribution in [0.1, 0.15) is 54.4 Å². The van der Waals surface area contributed by atoms with E-state index in [1.54, 1.807) is 0 Å². The van der Waals surface area contributed by atoms with Gasteiger partial charge >= 0.3 is 0 Å². The molecule has 0 bridgehead atoms. The van der Waals surface area contributed by atoms with Crippen molar-refractivity contribution in [3.8, 4) is 0 Å². The number of hydrogen-bond acceptors (Lipinski definition) is 6. The van der Waals surface area contributed by atoms with Crippen molar-refractivity contribution >= 4 is 0 Å². The summed E-state index contributed by atoms with van der Waals surface area (Å²) in [5, 5.41) is 35.7. The van der Waals surface area contributed by atoms with Gasteiger partial charge in [-0.2, -0.15) is 0 Å². The summed E-state index contributed by atoms with van der Waals surface area (Å²) in [5.74, 6) is 0. The van der Waals surface area contributed by atoms with Crippen LogP contribution in [0.2, 0.25) is 0 Å². The van der Waals surface area contributed by atoms with E-state index in [9.17, 15) is 10.2 Å². The molecule has 0 saturated carbocycles. The molecular weight excluding hydrogens is 308 g/mol. The Kier molecular flexibility index (Phi) is 17.6. The number of nitrogens with zero attached hydrogens (tertiary/aromatic N) is 2. The van der Waals surface area contributed by atoms with Crippen molar-refractivity contribution in [2.75, 3.05) is 39.4 Å². The Labute approximate surface area is 149 Å². The van der Waals surface area contributed by atoms with Crippen LogP contribution in [0.4, 0.5) is 0 Å². The maximum absolute atomic E-state index is 9.23. The van der Waals surface area contributed by atoms with Crippen molar-refractivity contribution in [3.05, 3.63) is 0 Å². The molecule has 0 heterocycles. The van der Waals surface area contributed by atoms with Crippen molar-refractivity contribution in [1.82, 2.24) is 9.80 Å². The lowest BCUT2D eigenvalue weighted by molar-refractivity contribution is 0.0375. The molecule has 2 unspecified atom stereocenters. The summed E-state index contributed by atoms with van der Waals surface area (Å²) in [7, 11) is 0. The fraction of sp³-hybridized carbons (Fsp3) is 1.00. The predicted molar refractivity (Wildman–Crippen MR) is 100 cm³/mol. The summed E-state index contributed by atoms with van der Waals surface area (Å²) in [6, 6.07) is 0.817. The minimum Gasteiger partial charge on any atom is -0.394 e. The van der Waals surface area contributed by atoms with Gasteiger partial charge in [-0.05, 0) is 53.6 Å². The van der Waals surface area contributed by atoms with Gasteiger partial charge in [0.1, 0.15) is 0 Å². The smallest absolute Gasteiger partial charge is 0.0897 e. The Hall–Kier alpha value is -0.240. The average Bonchev–Trinajstić information content (AvgIpc) is 2.52. The first-order valence-corrected chi connectivity index (χ1v) is 9.29. The van der Waals surface area contributed by atoms with Gasteiger partial charge in [-0.3, -0.25) is 4.90 Å². The Morgan fingerprint density at radius 1 is 0.708 bits per heavy atom. The van der Waals surface area contributed by atoms with Crippen LogP contribution in [0.5, 0.6) is 0 Å². The van der Waals surface area contributed by atoms with E-state index < -0.39 is 12.2 Å². The lowest BCUT2D eigenvalue weighted by atomic mass is 10.2. The van der Waals surface area contributed by atoms with E-state index >= 15 is 0 Å². The third-order valence-corrected chi connectivity index (χ3v) is 3.72. The molecule has 0 aromatic heterocycles. The van der Waals surface area contributed by atoms with Gasteiger partial charge in [0.2, 0.25) is 0 Å². The Bertz CT molecular complexity index is 251. The van der Waals surface area contributed by atoms with Crippen LogP contribution < -0.4 is 0 Å². The van der Waals surface area contributed by atoms with E-state index in [-0.39, 0.29) is 13.2 Å². The van der Waals surface area contributed by atoms with Gasteiger partial charge in [0, 0.05) is 25.2 Å². The highest BCUT2D eigenvalue weighted by Gasteiger charge is 2.16. The zero-order valence-electron chi connectivity index (χ0n) is 16.6. The molecule has 6 heteroatoms. The molecule has 0 spiro atoms. The summed E-state index contributed by atoms with van der Waals surface area (Å²) in [6.07, 6.45) is 0.994. The molecule has 24 heavy (non-hydrogen) atoms. The highest BCUT2D eigenvalue weighted by molar-refractivity contribution is 4.70. The van der Waals surface area contributed by atoms with E-state index in [4.69, 9.17) is 10.2 Å². The molecule has 0 amide bonds. The quantitative estimate of drug-likeness (QED) is 0.419. The molecule has 2 atom stereocenters. The van der Waals surface area contributed by atoms with Gasteiger partial charge in [-0.15, -0.1) is 0 Å².